The van der Waals surface area contributed by atoms with Crippen molar-refractivity contribution in [3.05, 3.63) is 46.8 Å². The molecule has 1 heterocycles. The van der Waals surface area contributed by atoms with Gasteiger partial charge >= 0.3 is 0 Å². The van der Waals surface area contributed by atoms with Crippen LogP contribution in [0.2, 0.25) is 0 Å². The second-order valence-electron chi connectivity index (χ2n) is 4.01. The van der Waals surface area contributed by atoms with Crippen LogP contribution in [0.1, 0.15) is 22.5 Å². The molecule has 0 unspecified atom stereocenters. The van der Waals surface area contributed by atoms with Crippen molar-refractivity contribution in [2.24, 2.45) is 0 Å². The monoisotopic (exact) mass is 255 g/mol. The van der Waals surface area contributed by atoms with E-state index < -0.39 is 0 Å². The standard InChI is InChI=1S/C14H13N3S/c1-9-10(2)16-14(17-11(9)3)18-13-7-5-4-6-12(13)8-15/h4-7H,1-3H3. The Balaban J connectivity index is 2.38. The maximum atomic E-state index is 9.05. The number of nitrogens with zero attached hydrogens (tertiary/aromatic N) is 3. The topological polar surface area (TPSA) is 49.6 Å². The van der Waals surface area contributed by atoms with Gasteiger partial charge in [-0.1, -0.05) is 12.1 Å². The lowest BCUT2D eigenvalue weighted by molar-refractivity contribution is 0.881. The van der Waals surface area contributed by atoms with E-state index in [0.29, 0.717) is 10.7 Å². The zero-order chi connectivity index (χ0) is 13.1. The smallest absolute Gasteiger partial charge is 0.192 e. The van der Waals surface area contributed by atoms with Crippen LogP contribution >= 0.6 is 11.8 Å². The minimum atomic E-state index is 0.655. The van der Waals surface area contributed by atoms with Crippen molar-refractivity contribution < 1.29 is 0 Å². The second kappa shape index (κ2) is 5.19. The Morgan fingerprint density at radius 1 is 1.06 bits per heavy atom. The second-order valence-corrected chi connectivity index (χ2v) is 5.02. The molecule has 0 atom stereocenters. The highest BCUT2D eigenvalue weighted by atomic mass is 32.2. The molecule has 90 valence electrons. The molecule has 4 heteroatoms. The van der Waals surface area contributed by atoms with E-state index in [9.17, 15) is 0 Å². The van der Waals surface area contributed by atoms with Crippen LogP contribution in [0.5, 0.6) is 0 Å². The Kier molecular flexibility index (Phi) is 3.63. The molecule has 0 aliphatic carbocycles. The van der Waals surface area contributed by atoms with Gasteiger partial charge in [0.2, 0.25) is 0 Å². The van der Waals surface area contributed by atoms with Gasteiger partial charge in [0.05, 0.1) is 5.56 Å². The summed E-state index contributed by atoms with van der Waals surface area (Å²) in [7, 11) is 0. The first-order valence-corrected chi connectivity index (χ1v) is 6.42. The molecule has 0 aliphatic rings. The van der Waals surface area contributed by atoms with Crippen molar-refractivity contribution in [2.75, 3.05) is 0 Å². The number of rotatable bonds is 2. The largest absolute Gasteiger partial charge is 0.227 e. The summed E-state index contributed by atoms with van der Waals surface area (Å²) in [6, 6.07) is 9.67. The molecule has 0 bridgehead atoms. The first-order chi connectivity index (χ1) is 8.61. The Labute approximate surface area is 111 Å². The minimum Gasteiger partial charge on any atom is -0.227 e. The van der Waals surface area contributed by atoms with E-state index in [1.165, 1.54) is 11.8 Å². The fourth-order valence-electron chi connectivity index (χ4n) is 1.53. The van der Waals surface area contributed by atoms with Crippen molar-refractivity contribution in [3.63, 3.8) is 0 Å². The van der Waals surface area contributed by atoms with E-state index >= 15 is 0 Å². The average molecular weight is 255 g/mol. The lowest BCUT2D eigenvalue weighted by atomic mass is 10.2. The van der Waals surface area contributed by atoms with Gasteiger partial charge in [0, 0.05) is 16.3 Å². The Hall–Kier alpha value is -1.86. The van der Waals surface area contributed by atoms with E-state index in [-0.39, 0.29) is 0 Å². The summed E-state index contributed by atoms with van der Waals surface area (Å²) in [5.41, 5.74) is 3.74. The first kappa shape index (κ1) is 12.6. The Bertz CT molecular complexity index is 606. The molecular formula is C14H13N3S. The molecular weight excluding hydrogens is 242 g/mol. The molecule has 0 amide bonds. The lowest BCUT2D eigenvalue weighted by Gasteiger charge is -2.07. The highest BCUT2D eigenvalue weighted by Crippen LogP contribution is 2.28. The van der Waals surface area contributed by atoms with Crippen molar-refractivity contribution in [1.29, 1.82) is 5.26 Å². The third-order valence-corrected chi connectivity index (χ3v) is 3.76. The van der Waals surface area contributed by atoms with Crippen LogP contribution in [-0.2, 0) is 0 Å². The van der Waals surface area contributed by atoms with Gasteiger partial charge in [0.15, 0.2) is 5.16 Å². The fourth-order valence-corrected chi connectivity index (χ4v) is 2.47. The Morgan fingerprint density at radius 3 is 2.28 bits per heavy atom. The molecule has 0 saturated heterocycles. The highest BCUT2D eigenvalue weighted by Gasteiger charge is 2.08. The van der Waals surface area contributed by atoms with Gasteiger partial charge in [-0.3, -0.25) is 0 Å². The molecule has 0 spiro atoms. The van der Waals surface area contributed by atoms with Crippen molar-refractivity contribution >= 4 is 11.8 Å². The predicted molar refractivity (Wildman–Crippen MR) is 71.5 cm³/mol. The van der Waals surface area contributed by atoms with Crippen LogP contribution in [0.25, 0.3) is 0 Å². The molecule has 0 saturated carbocycles. The van der Waals surface area contributed by atoms with E-state index in [0.717, 1.165) is 21.8 Å². The molecule has 2 aromatic rings. The maximum absolute atomic E-state index is 9.05. The third kappa shape index (κ3) is 2.52. The summed E-state index contributed by atoms with van der Waals surface area (Å²) in [6.45, 7) is 5.97. The summed E-state index contributed by atoms with van der Waals surface area (Å²) in [5.74, 6) is 0. The van der Waals surface area contributed by atoms with Crippen molar-refractivity contribution in [2.45, 2.75) is 30.8 Å². The van der Waals surface area contributed by atoms with Gasteiger partial charge in [-0.25, -0.2) is 9.97 Å². The van der Waals surface area contributed by atoms with Gasteiger partial charge in [-0.2, -0.15) is 5.26 Å². The molecule has 0 N–H and O–H groups in total. The molecule has 0 radical (unpaired) electrons. The van der Waals surface area contributed by atoms with Gasteiger partial charge in [0.1, 0.15) is 6.07 Å². The van der Waals surface area contributed by atoms with Crippen LogP contribution < -0.4 is 0 Å². The zero-order valence-corrected chi connectivity index (χ0v) is 11.4. The van der Waals surface area contributed by atoms with E-state index in [2.05, 4.69) is 16.0 Å². The van der Waals surface area contributed by atoms with Crippen LogP contribution in [0.4, 0.5) is 0 Å². The highest BCUT2D eigenvalue weighted by molar-refractivity contribution is 7.99. The quantitative estimate of drug-likeness (QED) is 0.771. The van der Waals surface area contributed by atoms with Crippen molar-refractivity contribution in [1.82, 2.24) is 9.97 Å². The normalized spacial score (nSPS) is 10.1. The van der Waals surface area contributed by atoms with Crippen LogP contribution in [0.15, 0.2) is 34.3 Å². The van der Waals surface area contributed by atoms with Gasteiger partial charge in [0.25, 0.3) is 0 Å². The van der Waals surface area contributed by atoms with Gasteiger partial charge < -0.3 is 0 Å². The third-order valence-electron chi connectivity index (χ3n) is 2.82. The van der Waals surface area contributed by atoms with E-state index in [4.69, 9.17) is 5.26 Å². The van der Waals surface area contributed by atoms with Crippen LogP contribution in [0.3, 0.4) is 0 Å². The fraction of sp³-hybridized carbons (Fsp3) is 0.214. The zero-order valence-electron chi connectivity index (χ0n) is 10.6. The summed E-state index contributed by atoms with van der Waals surface area (Å²) < 4.78 is 0. The molecule has 3 nitrogen and oxygen atoms in total. The van der Waals surface area contributed by atoms with Gasteiger partial charge in [-0.15, -0.1) is 0 Å². The minimum absolute atomic E-state index is 0.655. The first-order valence-electron chi connectivity index (χ1n) is 5.60. The number of aromatic nitrogens is 2. The summed E-state index contributed by atoms with van der Waals surface area (Å²) in [6.07, 6.45) is 0. The Morgan fingerprint density at radius 2 is 1.67 bits per heavy atom. The molecule has 0 aliphatic heterocycles. The summed E-state index contributed by atoms with van der Waals surface area (Å²) in [4.78, 5) is 9.78. The van der Waals surface area contributed by atoms with E-state index in [1.54, 1.807) is 6.07 Å². The lowest BCUT2D eigenvalue weighted by Crippen LogP contribution is -1.98. The maximum Gasteiger partial charge on any atom is 0.192 e. The number of hydrogen-bond donors (Lipinski definition) is 0. The van der Waals surface area contributed by atoms with Crippen molar-refractivity contribution in [3.8, 4) is 6.07 Å². The average Bonchev–Trinajstić information content (AvgIpc) is 2.36. The van der Waals surface area contributed by atoms with Gasteiger partial charge in [-0.05, 0) is 50.2 Å². The molecule has 2 rings (SSSR count). The molecule has 18 heavy (non-hydrogen) atoms. The molecule has 1 aromatic carbocycles. The van der Waals surface area contributed by atoms with Crippen LogP contribution in [0, 0.1) is 32.1 Å². The SMILES string of the molecule is Cc1nc(Sc2ccccc2C#N)nc(C)c1C. The number of benzene rings is 1. The summed E-state index contributed by atoms with van der Waals surface area (Å²) >= 11 is 1.43. The summed E-state index contributed by atoms with van der Waals surface area (Å²) in [5, 5.41) is 9.74. The van der Waals surface area contributed by atoms with E-state index in [1.807, 2.05) is 39.0 Å². The number of nitriles is 1. The van der Waals surface area contributed by atoms with Crippen LogP contribution in [-0.4, -0.2) is 9.97 Å². The number of aryl methyl sites for hydroxylation is 2. The molecule has 1 aromatic heterocycles. The number of hydrogen-bond acceptors (Lipinski definition) is 4. The molecule has 0 fully saturated rings. The predicted octanol–water partition coefficient (Wildman–Crippen LogP) is 3.42.